The summed E-state index contributed by atoms with van der Waals surface area (Å²) in [5.74, 6) is -0.107. The van der Waals surface area contributed by atoms with E-state index in [0.29, 0.717) is 16.6 Å². The Morgan fingerprint density at radius 3 is 2.54 bits per heavy atom. The van der Waals surface area contributed by atoms with Crippen molar-refractivity contribution in [1.29, 1.82) is 0 Å². The summed E-state index contributed by atoms with van der Waals surface area (Å²) in [7, 11) is 1.84. The Balaban J connectivity index is 0.000000402. The molecule has 3 aromatic heterocycles. The van der Waals surface area contributed by atoms with Gasteiger partial charge in [-0.25, -0.2) is 4.98 Å². The van der Waals surface area contributed by atoms with Crippen molar-refractivity contribution in [3.63, 3.8) is 0 Å². The van der Waals surface area contributed by atoms with Gasteiger partial charge in [0.2, 0.25) is 13.3 Å². The van der Waals surface area contributed by atoms with E-state index in [-0.39, 0.29) is 18.4 Å². The molecule has 3 heterocycles. The van der Waals surface area contributed by atoms with Crippen LogP contribution < -0.4 is 10.6 Å². The number of nitrogens with one attached hydrogen (secondary N) is 2. The second-order valence-electron chi connectivity index (χ2n) is 8.27. The van der Waals surface area contributed by atoms with E-state index in [1.807, 2.05) is 32.0 Å². The molecule has 0 aromatic carbocycles. The van der Waals surface area contributed by atoms with Gasteiger partial charge in [0.1, 0.15) is 0 Å². The Bertz CT molecular complexity index is 1020. The van der Waals surface area contributed by atoms with Gasteiger partial charge in [0.05, 0.1) is 17.8 Å². The summed E-state index contributed by atoms with van der Waals surface area (Å²) in [5.41, 5.74) is 2.95. The molecular weight excluding hydrogens is 457 g/mol. The summed E-state index contributed by atoms with van der Waals surface area (Å²) < 4.78 is 1.79. The zero-order chi connectivity index (χ0) is 25.5. The van der Waals surface area contributed by atoms with Crippen LogP contribution in [0.5, 0.6) is 0 Å². The number of amides is 2. The van der Waals surface area contributed by atoms with E-state index in [0.717, 1.165) is 18.5 Å². The average Bonchev–Trinajstić information content (AvgIpc) is 3.54. The first-order valence-corrected chi connectivity index (χ1v) is 13.3. The molecule has 0 aliphatic rings. The lowest BCUT2D eigenvalue weighted by Gasteiger charge is -2.11. The minimum absolute atomic E-state index is 0.0815. The highest BCUT2D eigenvalue weighted by Crippen LogP contribution is 2.28. The Hall–Kier alpha value is -2.94. The SMILES string of the molecule is CCCc1ccncc1.C[B]n1ccc(C(=O)NCC(=O)Nc2nc(C(CC)CCCC)cs2)c1. The van der Waals surface area contributed by atoms with Crippen LogP contribution in [0.25, 0.3) is 0 Å². The number of hydrogen-bond donors (Lipinski definition) is 2. The first kappa shape index (κ1) is 28.3. The molecule has 9 heteroatoms. The molecule has 1 unspecified atom stereocenters. The molecule has 0 saturated carbocycles. The van der Waals surface area contributed by atoms with E-state index in [2.05, 4.69) is 53.5 Å². The summed E-state index contributed by atoms with van der Waals surface area (Å²) in [4.78, 5) is 32.6. The molecule has 187 valence electrons. The third-order valence-corrected chi connectivity index (χ3v) is 6.33. The molecule has 3 rings (SSSR count). The maximum absolute atomic E-state index is 12.1. The van der Waals surface area contributed by atoms with Gasteiger partial charge in [0.15, 0.2) is 5.13 Å². The molecule has 3 aromatic rings. The Morgan fingerprint density at radius 2 is 1.91 bits per heavy atom. The lowest BCUT2D eigenvalue weighted by Crippen LogP contribution is -2.32. The summed E-state index contributed by atoms with van der Waals surface area (Å²) in [6, 6.07) is 5.83. The number of nitrogens with zero attached hydrogens (tertiary/aromatic N) is 3. The molecule has 0 spiro atoms. The quantitative estimate of drug-likeness (QED) is 0.323. The molecule has 7 nitrogen and oxygen atoms in total. The van der Waals surface area contributed by atoms with Gasteiger partial charge in [0.25, 0.3) is 5.91 Å². The monoisotopic (exact) mass is 494 g/mol. The maximum atomic E-state index is 12.1. The zero-order valence-electron chi connectivity index (χ0n) is 21.3. The number of hydrogen-bond acceptors (Lipinski definition) is 5. The fourth-order valence-electron chi connectivity index (χ4n) is 3.51. The Kier molecular flexibility index (Phi) is 12.8. The minimum Gasteiger partial charge on any atom is -0.402 e. The van der Waals surface area contributed by atoms with Gasteiger partial charge in [-0.3, -0.25) is 14.6 Å². The zero-order valence-corrected chi connectivity index (χ0v) is 22.1. The third kappa shape index (κ3) is 10.1. The van der Waals surface area contributed by atoms with E-state index in [9.17, 15) is 9.59 Å². The lowest BCUT2D eigenvalue weighted by molar-refractivity contribution is -0.115. The molecule has 1 atom stereocenters. The van der Waals surface area contributed by atoms with Crippen LogP contribution in [-0.2, 0) is 11.2 Å². The maximum Gasteiger partial charge on any atom is 0.253 e. The van der Waals surface area contributed by atoms with Crippen LogP contribution in [0.1, 0.15) is 80.4 Å². The molecule has 2 amide bonds. The van der Waals surface area contributed by atoms with Gasteiger partial charge in [-0.15, -0.1) is 11.3 Å². The molecular formula is C26H37BN5O2S. The highest BCUT2D eigenvalue weighted by molar-refractivity contribution is 7.13. The predicted molar refractivity (Wildman–Crippen MR) is 145 cm³/mol. The Labute approximate surface area is 214 Å². The molecule has 0 saturated heterocycles. The number of aryl methyl sites for hydroxylation is 1. The number of carbonyl (C=O) groups excluding carboxylic acids is 2. The molecule has 1 radical (unpaired) electrons. The van der Waals surface area contributed by atoms with E-state index in [4.69, 9.17) is 0 Å². The topological polar surface area (TPSA) is 88.9 Å². The van der Waals surface area contributed by atoms with Gasteiger partial charge in [0, 0.05) is 29.9 Å². The summed E-state index contributed by atoms with van der Waals surface area (Å²) >= 11 is 1.43. The van der Waals surface area contributed by atoms with Crippen LogP contribution in [0.4, 0.5) is 5.13 Å². The Morgan fingerprint density at radius 1 is 1.14 bits per heavy atom. The van der Waals surface area contributed by atoms with Crippen LogP contribution in [0, 0.1) is 0 Å². The number of carbonyl (C=O) groups is 2. The summed E-state index contributed by atoms with van der Waals surface area (Å²) in [6.07, 6.45) is 14.1. The second-order valence-corrected chi connectivity index (χ2v) is 9.12. The normalized spacial score (nSPS) is 11.2. The number of pyridine rings is 1. The van der Waals surface area contributed by atoms with Crippen molar-refractivity contribution >= 4 is 35.7 Å². The van der Waals surface area contributed by atoms with Gasteiger partial charge in [-0.05, 0) is 49.2 Å². The van der Waals surface area contributed by atoms with Crippen LogP contribution in [-0.4, -0.2) is 40.2 Å². The van der Waals surface area contributed by atoms with Crippen LogP contribution >= 0.6 is 11.3 Å². The molecule has 0 aliphatic carbocycles. The first-order valence-electron chi connectivity index (χ1n) is 12.4. The second kappa shape index (κ2) is 15.9. The van der Waals surface area contributed by atoms with Crippen LogP contribution in [0.2, 0.25) is 6.82 Å². The fourth-order valence-corrected chi connectivity index (χ4v) is 4.32. The molecule has 2 N–H and O–H groups in total. The van der Waals surface area contributed by atoms with E-state index >= 15 is 0 Å². The number of aromatic nitrogens is 3. The van der Waals surface area contributed by atoms with Crippen LogP contribution in [0.15, 0.2) is 48.4 Å². The third-order valence-electron chi connectivity index (χ3n) is 5.56. The van der Waals surface area contributed by atoms with Crippen molar-refractivity contribution in [2.75, 3.05) is 11.9 Å². The standard InChI is InChI=1S/C18H26BN4O2S.C8H11N/c1-4-6-7-13(5-2)15-12-26-18(21-15)22-16(24)10-20-17(25)14-8-9-23(11-14)19-3;1-2-3-8-4-6-9-7-5-8/h8-9,11-13H,4-7,10H2,1-3H3,(H,20,25)(H,21,22,24);4-7H,2-3H2,1H3. The summed E-state index contributed by atoms with van der Waals surface area (Å²) in [5, 5.41) is 7.99. The van der Waals surface area contributed by atoms with Crippen molar-refractivity contribution in [1.82, 2.24) is 19.8 Å². The predicted octanol–water partition coefficient (Wildman–Crippen LogP) is 5.55. The minimum atomic E-state index is -0.276. The van der Waals surface area contributed by atoms with Crippen molar-refractivity contribution in [3.05, 3.63) is 65.2 Å². The van der Waals surface area contributed by atoms with Gasteiger partial charge in [-0.1, -0.05) is 46.9 Å². The van der Waals surface area contributed by atoms with E-state index in [1.54, 1.807) is 22.9 Å². The molecule has 35 heavy (non-hydrogen) atoms. The number of anilines is 1. The van der Waals surface area contributed by atoms with E-state index in [1.165, 1.54) is 42.6 Å². The van der Waals surface area contributed by atoms with Crippen molar-refractivity contribution in [2.24, 2.45) is 0 Å². The number of unbranched alkanes of at least 4 members (excludes halogenated alkanes) is 1. The van der Waals surface area contributed by atoms with Crippen molar-refractivity contribution in [3.8, 4) is 0 Å². The first-order chi connectivity index (χ1) is 17.0. The van der Waals surface area contributed by atoms with Crippen LogP contribution in [0.3, 0.4) is 0 Å². The van der Waals surface area contributed by atoms with Crippen molar-refractivity contribution < 1.29 is 9.59 Å². The van der Waals surface area contributed by atoms with Crippen molar-refractivity contribution in [2.45, 2.75) is 72.0 Å². The average molecular weight is 494 g/mol. The number of rotatable bonds is 12. The highest BCUT2D eigenvalue weighted by Gasteiger charge is 2.15. The van der Waals surface area contributed by atoms with Gasteiger partial charge in [-0.2, -0.15) is 0 Å². The largest absolute Gasteiger partial charge is 0.402 e. The molecule has 0 aliphatic heterocycles. The van der Waals surface area contributed by atoms with Gasteiger partial charge >= 0.3 is 0 Å². The van der Waals surface area contributed by atoms with Gasteiger partial charge < -0.3 is 15.1 Å². The molecule has 0 bridgehead atoms. The lowest BCUT2D eigenvalue weighted by atomic mass is 9.97. The highest BCUT2D eigenvalue weighted by atomic mass is 32.1. The summed E-state index contributed by atoms with van der Waals surface area (Å²) in [6.45, 7) is 8.32. The number of thiazole rings is 1. The smallest absolute Gasteiger partial charge is 0.253 e. The molecule has 0 fully saturated rings. The van der Waals surface area contributed by atoms with E-state index < -0.39 is 0 Å². The fraction of sp³-hybridized carbons (Fsp3) is 0.462.